The third-order valence-electron chi connectivity index (χ3n) is 5.79. The van der Waals surface area contributed by atoms with Crippen molar-refractivity contribution in [3.63, 3.8) is 0 Å². The van der Waals surface area contributed by atoms with Crippen molar-refractivity contribution < 1.29 is 4.74 Å². The van der Waals surface area contributed by atoms with Crippen LogP contribution in [0.2, 0.25) is 0 Å². The fraction of sp³-hybridized carbons (Fsp3) is 0.304. The molecular weight excluding hydrogens is 364 g/mol. The zero-order chi connectivity index (χ0) is 20.0. The normalized spacial score (nSPS) is 14.7. The second kappa shape index (κ2) is 6.95. The Morgan fingerprint density at radius 3 is 2.79 bits per heavy atom. The minimum Gasteiger partial charge on any atom is -0.497 e. The van der Waals surface area contributed by atoms with Gasteiger partial charge >= 0.3 is 0 Å². The van der Waals surface area contributed by atoms with Crippen LogP contribution in [0, 0.1) is 6.92 Å². The van der Waals surface area contributed by atoms with Gasteiger partial charge in [0.15, 0.2) is 0 Å². The molecule has 0 unspecified atom stereocenters. The van der Waals surface area contributed by atoms with Crippen LogP contribution in [0.15, 0.2) is 47.4 Å². The molecule has 1 aliphatic rings. The summed E-state index contributed by atoms with van der Waals surface area (Å²) < 4.78 is 7.33. The summed E-state index contributed by atoms with van der Waals surface area (Å²) in [5.74, 6) is 1.61. The van der Waals surface area contributed by atoms with Gasteiger partial charge in [-0.3, -0.25) is 9.20 Å². The largest absolute Gasteiger partial charge is 0.497 e. The minimum absolute atomic E-state index is 0.152. The van der Waals surface area contributed by atoms with Crippen LogP contribution in [-0.2, 0) is 0 Å². The predicted molar refractivity (Wildman–Crippen MR) is 116 cm³/mol. The van der Waals surface area contributed by atoms with Crippen molar-refractivity contribution in [3.8, 4) is 17.0 Å². The Morgan fingerprint density at radius 1 is 1.17 bits per heavy atom. The van der Waals surface area contributed by atoms with Crippen molar-refractivity contribution in [2.75, 3.05) is 12.4 Å². The number of nitrogens with zero attached hydrogens (tertiary/aromatic N) is 2. The quantitative estimate of drug-likeness (QED) is 0.539. The smallest absolute Gasteiger partial charge is 0.258 e. The van der Waals surface area contributed by atoms with Gasteiger partial charge in [0, 0.05) is 18.3 Å². The minimum atomic E-state index is -0.152. The van der Waals surface area contributed by atoms with Crippen molar-refractivity contribution in [2.45, 2.75) is 38.6 Å². The fourth-order valence-electron chi connectivity index (χ4n) is 4.22. The third kappa shape index (κ3) is 3.14. The highest BCUT2D eigenvalue weighted by Gasteiger charge is 2.22. The van der Waals surface area contributed by atoms with Gasteiger partial charge in [0.1, 0.15) is 22.9 Å². The maximum absolute atomic E-state index is 13.0. The van der Waals surface area contributed by atoms with Crippen molar-refractivity contribution in [3.05, 3.63) is 58.5 Å². The first-order valence-electron chi connectivity index (χ1n) is 10.1. The zero-order valence-electron chi connectivity index (χ0n) is 16.7. The number of methoxy groups -OCH3 is 1. The molecule has 3 heterocycles. The van der Waals surface area contributed by atoms with Gasteiger partial charge in [-0.25, -0.2) is 4.98 Å². The first-order chi connectivity index (χ1) is 14.1. The second-order valence-electron chi connectivity index (χ2n) is 7.83. The Hall–Kier alpha value is -3.28. The Kier molecular flexibility index (Phi) is 4.27. The number of imidazole rings is 1. The van der Waals surface area contributed by atoms with Gasteiger partial charge < -0.3 is 15.0 Å². The molecule has 0 radical (unpaired) electrons. The van der Waals surface area contributed by atoms with E-state index in [1.807, 2.05) is 36.5 Å². The molecule has 1 aliphatic carbocycles. The molecule has 29 heavy (non-hydrogen) atoms. The van der Waals surface area contributed by atoms with Gasteiger partial charge in [-0.2, -0.15) is 0 Å². The summed E-state index contributed by atoms with van der Waals surface area (Å²) >= 11 is 0. The van der Waals surface area contributed by atoms with Crippen molar-refractivity contribution >= 4 is 22.4 Å². The lowest BCUT2D eigenvalue weighted by Crippen LogP contribution is -2.17. The van der Waals surface area contributed by atoms with Crippen LogP contribution in [-0.4, -0.2) is 27.5 Å². The molecule has 1 fully saturated rings. The summed E-state index contributed by atoms with van der Waals surface area (Å²) in [5, 5.41) is 4.62. The topological polar surface area (TPSA) is 71.4 Å². The van der Waals surface area contributed by atoms with Gasteiger partial charge in [-0.15, -0.1) is 0 Å². The summed E-state index contributed by atoms with van der Waals surface area (Å²) in [6.45, 7) is 2.05. The van der Waals surface area contributed by atoms with Crippen LogP contribution >= 0.6 is 0 Å². The summed E-state index contributed by atoms with van der Waals surface area (Å²) in [6.07, 6.45) is 6.79. The van der Waals surface area contributed by atoms with E-state index in [0.29, 0.717) is 23.0 Å². The van der Waals surface area contributed by atoms with E-state index in [2.05, 4.69) is 27.7 Å². The van der Waals surface area contributed by atoms with Gasteiger partial charge in [0.2, 0.25) is 0 Å². The van der Waals surface area contributed by atoms with Crippen LogP contribution in [0.25, 0.3) is 27.8 Å². The van der Waals surface area contributed by atoms with E-state index >= 15 is 0 Å². The molecule has 4 aromatic rings. The van der Waals surface area contributed by atoms with Gasteiger partial charge in [0.25, 0.3) is 5.56 Å². The SMILES string of the molecule is COc1ccc2cc(-c3nc4cc(C)ccn4c3NC3CCCC3)c(=O)[nH]c2c1. The summed E-state index contributed by atoms with van der Waals surface area (Å²) in [4.78, 5) is 20.8. The number of ether oxygens (including phenoxy) is 1. The molecule has 0 saturated heterocycles. The molecule has 0 spiro atoms. The molecule has 1 aromatic carbocycles. The Morgan fingerprint density at radius 2 is 2.00 bits per heavy atom. The van der Waals surface area contributed by atoms with Crippen LogP contribution in [0.4, 0.5) is 5.82 Å². The van der Waals surface area contributed by atoms with Crippen LogP contribution < -0.4 is 15.6 Å². The molecule has 0 aliphatic heterocycles. The summed E-state index contributed by atoms with van der Waals surface area (Å²) in [5.41, 5.74) is 3.85. The first kappa shape index (κ1) is 17.8. The van der Waals surface area contributed by atoms with E-state index in [1.54, 1.807) is 7.11 Å². The number of anilines is 1. The molecule has 2 N–H and O–H groups in total. The number of rotatable bonds is 4. The van der Waals surface area contributed by atoms with E-state index < -0.39 is 0 Å². The van der Waals surface area contributed by atoms with Crippen molar-refractivity contribution in [1.82, 2.24) is 14.4 Å². The Labute approximate surface area is 168 Å². The summed E-state index contributed by atoms with van der Waals surface area (Å²) in [7, 11) is 1.62. The van der Waals surface area contributed by atoms with Crippen LogP contribution in [0.5, 0.6) is 5.75 Å². The Bertz CT molecular complexity index is 1270. The Balaban J connectivity index is 1.71. The highest BCUT2D eigenvalue weighted by atomic mass is 16.5. The lowest BCUT2D eigenvalue weighted by molar-refractivity contribution is 0.415. The van der Waals surface area contributed by atoms with Crippen LogP contribution in [0.3, 0.4) is 0 Å². The molecular formula is C23H24N4O2. The van der Waals surface area contributed by atoms with Gasteiger partial charge in [0.05, 0.1) is 18.2 Å². The number of hydrogen-bond donors (Lipinski definition) is 2. The van der Waals surface area contributed by atoms with E-state index in [9.17, 15) is 4.79 Å². The molecule has 0 amide bonds. The first-order valence-corrected chi connectivity index (χ1v) is 10.1. The molecule has 0 bridgehead atoms. The van der Waals surface area contributed by atoms with Crippen LogP contribution in [0.1, 0.15) is 31.2 Å². The molecule has 6 heteroatoms. The van der Waals surface area contributed by atoms with Crippen molar-refractivity contribution in [1.29, 1.82) is 0 Å². The van der Waals surface area contributed by atoms with E-state index in [1.165, 1.54) is 12.8 Å². The van der Waals surface area contributed by atoms with Crippen molar-refractivity contribution in [2.24, 2.45) is 0 Å². The highest BCUT2D eigenvalue weighted by Crippen LogP contribution is 2.32. The monoisotopic (exact) mass is 388 g/mol. The molecule has 148 valence electrons. The number of aryl methyl sites for hydroxylation is 1. The summed E-state index contributed by atoms with van der Waals surface area (Å²) in [6, 6.07) is 12.1. The molecule has 1 saturated carbocycles. The molecule has 5 rings (SSSR count). The zero-order valence-corrected chi connectivity index (χ0v) is 16.7. The van der Waals surface area contributed by atoms with E-state index in [0.717, 1.165) is 40.8 Å². The van der Waals surface area contributed by atoms with E-state index in [4.69, 9.17) is 9.72 Å². The average Bonchev–Trinajstić information content (AvgIpc) is 3.35. The maximum atomic E-state index is 13.0. The molecule has 0 atom stereocenters. The highest BCUT2D eigenvalue weighted by molar-refractivity contribution is 5.87. The van der Waals surface area contributed by atoms with Gasteiger partial charge in [-0.05, 0) is 61.0 Å². The van der Waals surface area contributed by atoms with Gasteiger partial charge in [-0.1, -0.05) is 12.8 Å². The predicted octanol–water partition coefficient (Wildman–Crippen LogP) is 4.51. The standard InChI is InChI=1S/C23H24N4O2/c1-14-9-10-27-20(11-14)26-21(22(27)24-16-5-3-4-6-16)18-12-15-7-8-17(29-2)13-19(15)25-23(18)28/h7-13,16,24H,3-6H2,1-2H3,(H,25,28). The maximum Gasteiger partial charge on any atom is 0.258 e. The number of aromatic amines is 1. The number of H-pyrrole nitrogens is 1. The number of pyridine rings is 2. The second-order valence-corrected chi connectivity index (χ2v) is 7.83. The lowest BCUT2D eigenvalue weighted by atomic mass is 10.1. The van der Waals surface area contributed by atoms with E-state index in [-0.39, 0.29) is 5.56 Å². The number of benzene rings is 1. The number of fused-ring (bicyclic) bond motifs is 2. The number of hydrogen-bond acceptors (Lipinski definition) is 4. The molecule has 6 nitrogen and oxygen atoms in total. The lowest BCUT2D eigenvalue weighted by Gasteiger charge is -2.15. The molecule has 3 aromatic heterocycles. The fourth-order valence-corrected chi connectivity index (χ4v) is 4.22. The number of nitrogens with one attached hydrogen (secondary N) is 2. The third-order valence-corrected chi connectivity index (χ3v) is 5.79. The number of aromatic nitrogens is 3. The average molecular weight is 388 g/mol.